The molecule has 1 saturated heterocycles. The van der Waals surface area contributed by atoms with Gasteiger partial charge in [-0.15, -0.1) is 0 Å². The first kappa shape index (κ1) is 22.7. The van der Waals surface area contributed by atoms with Gasteiger partial charge in [-0.3, -0.25) is 24.6 Å². The Kier molecular flexibility index (Phi) is 8.50. The van der Waals surface area contributed by atoms with Crippen molar-refractivity contribution in [2.45, 2.75) is 57.5 Å². The quantitative estimate of drug-likeness (QED) is 0.257. The van der Waals surface area contributed by atoms with Crippen LogP contribution >= 0.6 is 11.8 Å². The van der Waals surface area contributed by atoms with Crippen LogP contribution in [-0.4, -0.2) is 65.5 Å². The topological polar surface area (TPSA) is 164 Å². The minimum atomic E-state index is -1.26. The molecule has 0 amide bonds. The molecule has 0 aromatic rings. The lowest BCUT2D eigenvalue weighted by Crippen LogP contribution is -2.61. The molecule has 0 spiro atoms. The summed E-state index contributed by atoms with van der Waals surface area (Å²) in [7, 11) is 0. The Balaban J connectivity index is 3.29. The summed E-state index contributed by atoms with van der Waals surface area (Å²) in [6.07, 6.45) is -4.76. The van der Waals surface area contributed by atoms with Gasteiger partial charge in [-0.1, -0.05) is 11.8 Å². The first-order valence-electron chi connectivity index (χ1n) is 7.82. The van der Waals surface area contributed by atoms with E-state index in [-0.39, 0.29) is 11.8 Å². The molecule has 0 aliphatic carbocycles. The SMILES string of the molecule is CC(=O)OC[C@H]1O[C@@H](SC(=N)N)[C@@H](OC(C)=O)[C@@H](OC(C)=O)[C@@H]1OC(C)=O. The lowest BCUT2D eigenvalue weighted by Gasteiger charge is -2.43. The van der Waals surface area contributed by atoms with Gasteiger partial charge in [-0.2, -0.15) is 0 Å². The normalized spacial score (nSPS) is 27.2. The van der Waals surface area contributed by atoms with Crippen LogP contribution < -0.4 is 5.73 Å². The van der Waals surface area contributed by atoms with E-state index >= 15 is 0 Å². The maximum Gasteiger partial charge on any atom is 0.303 e. The van der Waals surface area contributed by atoms with Gasteiger partial charge in [0.1, 0.15) is 12.7 Å². The van der Waals surface area contributed by atoms with E-state index in [0.717, 1.165) is 20.8 Å². The predicted molar refractivity (Wildman–Crippen MR) is 91.5 cm³/mol. The average Bonchev–Trinajstić information content (AvgIpc) is 2.49. The molecule has 0 saturated carbocycles. The third-order valence-corrected chi connectivity index (χ3v) is 4.06. The van der Waals surface area contributed by atoms with Crippen LogP contribution in [-0.2, 0) is 42.9 Å². The van der Waals surface area contributed by atoms with Crippen molar-refractivity contribution in [1.29, 1.82) is 5.41 Å². The molecule has 11 nitrogen and oxygen atoms in total. The van der Waals surface area contributed by atoms with E-state index in [1.54, 1.807) is 0 Å². The third kappa shape index (κ3) is 7.43. The molecular weight excluding hydrogens is 384 g/mol. The second-order valence-electron chi connectivity index (χ2n) is 5.55. The number of hydrogen-bond donors (Lipinski definition) is 2. The second kappa shape index (κ2) is 10.1. The van der Waals surface area contributed by atoms with E-state index in [4.69, 9.17) is 34.8 Å². The van der Waals surface area contributed by atoms with E-state index in [0.29, 0.717) is 11.8 Å². The number of thioether (sulfide) groups is 1. The number of esters is 4. The summed E-state index contributed by atoms with van der Waals surface area (Å²) in [5, 5.41) is 7.10. The molecule has 1 heterocycles. The van der Waals surface area contributed by atoms with Crippen LogP contribution in [0, 0.1) is 5.41 Å². The molecule has 1 aliphatic rings. The Hall–Kier alpha value is -2.34. The summed E-state index contributed by atoms with van der Waals surface area (Å²) in [5.41, 5.74) is 4.33. The summed E-state index contributed by atoms with van der Waals surface area (Å²) in [5.74, 6) is -2.76. The second-order valence-corrected chi connectivity index (χ2v) is 6.69. The van der Waals surface area contributed by atoms with Gasteiger partial charge < -0.3 is 29.4 Å². The van der Waals surface area contributed by atoms with Crippen LogP contribution in [0.15, 0.2) is 0 Å². The predicted octanol–water partition coefficient (Wildman–Crippen LogP) is -0.304. The molecule has 1 rings (SSSR count). The van der Waals surface area contributed by atoms with Crippen LogP contribution in [0.25, 0.3) is 0 Å². The Bertz CT molecular complexity index is 612. The highest BCUT2D eigenvalue weighted by atomic mass is 32.2. The molecule has 5 atom stereocenters. The molecule has 152 valence electrons. The molecule has 12 heteroatoms. The van der Waals surface area contributed by atoms with Crippen molar-refractivity contribution >= 4 is 40.8 Å². The smallest absolute Gasteiger partial charge is 0.303 e. The van der Waals surface area contributed by atoms with Crippen molar-refractivity contribution in [3.8, 4) is 0 Å². The zero-order valence-electron chi connectivity index (χ0n) is 15.3. The van der Waals surface area contributed by atoms with Gasteiger partial charge in [-0.05, 0) is 0 Å². The van der Waals surface area contributed by atoms with Crippen LogP contribution in [0.2, 0.25) is 0 Å². The molecule has 0 unspecified atom stereocenters. The van der Waals surface area contributed by atoms with Crippen molar-refractivity contribution < 1.29 is 42.9 Å². The van der Waals surface area contributed by atoms with Crippen molar-refractivity contribution in [1.82, 2.24) is 0 Å². The zero-order chi connectivity index (χ0) is 20.7. The van der Waals surface area contributed by atoms with Crippen LogP contribution in [0.4, 0.5) is 0 Å². The molecule has 27 heavy (non-hydrogen) atoms. The van der Waals surface area contributed by atoms with Gasteiger partial charge in [0.15, 0.2) is 28.9 Å². The van der Waals surface area contributed by atoms with Gasteiger partial charge in [0.2, 0.25) is 0 Å². The molecule has 1 aliphatic heterocycles. The largest absolute Gasteiger partial charge is 0.463 e. The van der Waals surface area contributed by atoms with Gasteiger partial charge in [0, 0.05) is 27.7 Å². The fourth-order valence-electron chi connectivity index (χ4n) is 2.41. The maximum absolute atomic E-state index is 11.6. The fourth-order valence-corrected chi connectivity index (χ4v) is 3.20. The summed E-state index contributed by atoms with van der Waals surface area (Å²) < 4.78 is 26.2. The van der Waals surface area contributed by atoms with Gasteiger partial charge in [-0.25, -0.2) is 0 Å². The fraction of sp³-hybridized carbons (Fsp3) is 0.667. The van der Waals surface area contributed by atoms with Gasteiger partial charge in [0.05, 0.1) is 0 Å². The lowest BCUT2D eigenvalue weighted by molar-refractivity contribution is -0.237. The minimum absolute atomic E-state index is 0.327. The monoisotopic (exact) mass is 406 g/mol. The highest BCUT2D eigenvalue weighted by Crippen LogP contribution is 2.34. The van der Waals surface area contributed by atoms with E-state index < -0.39 is 53.7 Å². The molecule has 1 fully saturated rings. The highest BCUT2D eigenvalue weighted by molar-refractivity contribution is 8.14. The number of carbonyl (C=O) groups is 4. The Labute approximate surface area is 159 Å². The van der Waals surface area contributed by atoms with E-state index in [1.807, 2.05) is 0 Å². The first-order valence-corrected chi connectivity index (χ1v) is 8.70. The first-order chi connectivity index (χ1) is 12.5. The van der Waals surface area contributed by atoms with Crippen LogP contribution in [0.3, 0.4) is 0 Å². The number of rotatable bonds is 6. The Morgan fingerprint density at radius 1 is 0.889 bits per heavy atom. The van der Waals surface area contributed by atoms with E-state index in [1.165, 1.54) is 6.92 Å². The number of amidine groups is 1. The lowest BCUT2D eigenvalue weighted by atomic mass is 9.99. The zero-order valence-corrected chi connectivity index (χ0v) is 16.1. The van der Waals surface area contributed by atoms with Gasteiger partial charge in [0.25, 0.3) is 0 Å². The van der Waals surface area contributed by atoms with E-state index in [9.17, 15) is 19.2 Å². The average molecular weight is 406 g/mol. The van der Waals surface area contributed by atoms with Crippen LogP contribution in [0.1, 0.15) is 27.7 Å². The minimum Gasteiger partial charge on any atom is -0.463 e. The Morgan fingerprint density at radius 2 is 1.37 bits per heavy atom. The summed E-state index contributed by atoms with van der Waals surface area (Å²) in [6.45, 7) is 4.24. The molecule has 0 aromatic carbocycles. The third-order valence-electron chi connectivity index (χ3n) is 3.19. The number of carbonyl (C=O) groups excluding carboxylic acids is 4. The summed E-state index contributed by atoms with van der Waals surface area (Å²) >= 11 is 0.705. The van der Waals surface area contributed by atoms with Crippen molar-refractivity contribution in [3.05, 3.63) is 0 Å². The number of ether oxygens (including phenoxy) is 5. The molecule has 3 N–H and O–H groups in total. The molecule has 0 aromatic heterocycles. The van der Waals surface area contributed by atoms with Gasteiger partial charge >= 0.3 is 23.9 Å². The van der Waals surface area contributed by atoms with E-state index in [2.05, 4.69) is 0 Å². The Morgan fingerprint density at radius 3 is 1.81 bits per heavy atom. The summed E-state index contributed by atoms with van der Waals surface area (Å²) in [4.78, 5) is 45.7. The molecule has 0 radical (unpaired) electrons. The van der Waals surface area contributed by atoms with Crippen LogP contribution in [0.5, 0.6) is 0 Å². The van der Waals surface area contributed by atoms with Crippen molar-refractivity contribution in [3.63, 3.8) is 0 Å². The molecular formula is C15H22N2O9S. The van der Waals surface area contributed by atoms with Crippen molar-refractivity contribution in [2.75, 3.05) is 6.61 Å². The summed E-state index contributed by atoms with van der Waals surface area (Å²) in [6, 6.07) is 0. The highest BCUT2D eigenvalue weighted by Gasteiger charge is 2.52. The van der Waals surface area contributed by atoms with Crippen molar-refractivity contribution in [2.24, 2.45) is 5.73 Å². The molecule has 0 bridgehead atoms. The number of nitrogens with two attached hydrogens (primary N) is 1. The maximum atomic E-state index is 11.6. The number of nitrogens with one attached hydrogen (secondary N) is 1. The number of hydrogen-bond acceptors (Lipinski definition) is 11. The standard InChI is InChI=1S/C15H22N2O9S/c1-6(18)22-5-10-11(23-7(2)19)12(24-8(3)20)13(25-9(4)21)14(26-10)27-15(16)17/h10-14H,5H2,1-4H3,(H3,16,17)/t10-,11-,12+,13+,14+/m1/s1.